The van der Waals surface area contributed by atoms with Crippen molar-refractivity contribution in [2.24, 2.45) is 5.73 Å². The monoisotopic (exact) mass is 301 g/mol. The van der Waals surface area contributed by atoms with Crippen LogP contribution in [0.5, 0.6) is 0 Å². The molecule has 0 radical (unpaired) electrons. The van der Waals surface area contributed by atoms with E-state index in [2.05, 4.69) is 39.4 Å². The van der Waals surface area contributed by atoms with Crippen molar-refractivity contribution in [1.29, 1.82) is 0 Å². The zero-order valence-electron chi connectivity index (χ0n) is 12.1. The van der Waals surface area contributed by atoms with E-state index in [-0.39, 0.29) is 18.4 Å². The standard InChI is InChI=1S/C13H15N7O2/c1-7(2)8-5-11(20-10(17-8)3-4-16-20)15-6-9-18-13(12(14)21)22-19-9/h3-5,7,15H,6H2,1-2H3,(H2,14,21). The summed E-state index contributed by atoms with van der Waals surface area (Å²) in [5, 5.41) is 11.1. The fraction of sp³-hybridized carbons (Fsp3) is 0.308. The Kier molecular flexibility index (Phi) is 3.45. The van der Waals surface area contributed by atoms with E-state index in [9.17, 15) is 4.79 Å². The molecule has 3 rings (SSSR count). The van der Waals surface area contributed by atoms with Gasteiger partial charge in [0.25, 0.3) is 0 Å². The minimum atomic E-state index is -0.751. The van der Waals surface area contributed by atoms with Crippen LogP contribution in [0.15, 0.2) is 22.9 Å². The molecule has 0 saturated heterocycles. The van der Waals surface area contributed by atoms with Gasteiger partial charge in [-0.2, -0.15) is 14.6 Å². The van der Waals surface area contributed by atoms with Gasteiger partial charge in [0.1, 0.15) is 5.82 Å². The fourth-order valence-electron chi connectivity index (χ4n) is 1.95. The molecule has 0 unspecified atom stereocenters. The molecule has 0 atom stereocenters. The van der Waals surface area contributed by atoms with Gasteiger partial charge in [0.2, 0.25) is 0 Å². The summed E-state index contributed by atoms with van der Waals surface area (Å²) in [6.45, 7) is 4.40. The molecule has 3 N–H and O–H groups in total. The maximum absolute atomic E-state index is 10.9. The lowest BCUT2D eigenvalue weighted by atomic mass is 10.1. The first-order valence-electron chi connectivity index (χ1n) is 6.75. The summed E-state index contributed by atoms with van der Waals surface area (Å²) in [5.41, 5.74) is 6.77. The third-order valence-corrected chi connectivity index (χ3v) is 3.08. The highest BCUT2D eigenvalue weighted by Crippen LogP contribution is 2.18. The van der Waals surface area contributed by atoms with Crippen molar-refractivity contribution in [3.8, 4) is 0 Å². The molecule has 1 amide bonds. The van der Waals surface area contributed by atoms with Gasteiger partial charge in [-0.25, -0.2) is 4.98 Å². The average Bonchev–Trinajstić information content (AvgIpc) is 3.13. The Balaban J connectivity index is 1.86. The van der Waals surface area contributed by atoms with Gasteiger partial charge in [0, 0.05) is 17.8 Å². The Morgan fingerprint density at radius 1 is 1.45 bits per heavy atom. The molecule has 3 heterocycles. The minimum Gasteiger partial charge on any atom is -0.362 e. The zero-order valence-corrected chi connectivity index (χ0v) is 12.1. The lowest BCUT2D eigenvalue weighted by molar-refractivity contribution is 0.0958. The van der Waals surface area contributed by atoms with Gasteiger partial charge in [0.15, 0.2) is 11.5 Å². The number of fused-ring (bicyclic) bond motifs is 1. The number of rotatable bonds is 5. The second-order valence-corrected chi connectivity index (χ2v) is 5.06. The van der Waals surface area contributed by atoms with Crippen LogP contribution in [0.2, 0.25) is 0 Å². The number of nitrogens with zero attached hydrogens (tertiary/aromatic N) is 5. The van der Waals surface area contributed by atoms with Crippen molar-refractivity contribution in [2.75, 3.05) is 5.32 Å². The number of nitrogens with two attached hydrogens (primary N) is 1. The molecule has 9 nitrogen and oxygen atoms in total. The number of hydrogen-bond acceptors (Lipinski definition) is 7. The number of aromatic nitrogens is 5. The van der Waals surface area contributed by atoms with E-state index in [0.29, 0.717) is 5.82 Å². The number of nitrogens with one attached hydrogen (secondary N) is 1. The van der Waals surface area contributed by atoms with E-state index >= 15 is 0 Å². The lowest BCUT2D eigenvalue weighted by Gasteiger charge is -2.10. The van der Waals surface area contributed by atoms with Gasteiger partial charge in [-0.3, -0.25) is 4.79 Å². The van der Waals surface area contributed by atoms with E-state index in [1.807, 2.05) is 12.1 Å². The van der Waals surface area contributed by atoms with Gasteiger partial charge in [0.05, 0.1) is 12.7 Å². The van der Waals surface area contributed by atoms with Crippen LogP contribution < -0.4 is 11.1 Å². The van der Waals surface area contributed by atoms with Crippen LogP contribution >= 0.6 is 0 Å². The van der Waals surface area contributed by atoms with Crippen LogP contribution in [0.25, 0.3) is 5.65 Å². The Labute approximate surface area is 125 Å². The predicted molar refractivity (Wildman–Crippen MR) is 77.2 cm³/mol. The summed E-state index contributed by atoms with van der Waals surface area (Å²) in [6.07, 6.45) is 1.68. The molecular formula is C13H15N7O2. The number of carbonyl (C=O) groups is 1. The highest BCUT2D eigenvalue weighted by Gasteiger charge is 2.13. The molecule has 0 bridgehead atoms. The predicted octanol–water partition coefficient (Wildman–Crippen LogP) is 0.947. The van der Waals surface area contributed by atoms with Gasteiger partial charge >= 0.3 is 11.8 Å². The molecule has 9 heteroatoms. The SMILES string of the molecule is CC(C)c1cc(NCc2noc(C(N)=O)n2)n2nccc2n1. The molecule has 0 saturated carbocycles. The Morgan fingerprint density at radius 2 is 2.27 bits per heavy atom. The topological polar surface area (TPSA) is 124 Å². The third-order valence-electron chi connectivity index (χ3n) is 3.08. The van der Waals surface area contributed by atoms with E-state index in [1.54, 1.807) is 10.7 Å². The second kappa shape index (κ2) is 5.43. The maximum atomic E-state index is 10.9. The number of carbonyl (C=O) groups excluding carboxylic acids is 1. The Hall–Kier alpha value is -2.97. The van der Waals surface area contributed by atoms with E-state index in [0.717, 1.165) is 17.2 Å². The lowest BCUT2D eigenvalue weighted by Crippen LogP contribution is -2.12. The number of amides is 1. The van der Waals surface area contributed by atoms with E-state index < -0.39 is 5.91 Å². The van der Waals surface area contributed by atoms with Crippen molar-refractivity contribution in [3.05, 3.63) is 35.7 Å². The second-order valence-electron chi connectivity index (χ2n) is 5.06. The molecule has 22 heavy (non-hydrogen) atoms. The third kappa shape index (κ3) is 2.60. The fourth-order valence-corrected chi connectivity index (χ4v) is 1.95. The summed E-state index contributed by atoms with van der Waals surface area (Å²) >= 11 is 0. The van der Waals surface area contributed by atoms with Crippen LogP contribution in [0.4, 0.5) is 5.82 Å². The van der Waals surface area contributed by atoms with Crippen LogP contribution in [0, 0.1) is 0 Å². The van der Waals surface area contributed by atoms with E-state index in [4.69, 9.17) is 10.3 Å². The molecule has 0 spiro atoms. The Morgan fingerprint density at radius 3 is 2.95 bits per heavy atom. The molecule has 0 aliphatic carbocycles. The molecule has 0 aromatic carbocycles. The van der Waals surface area contributed by atoms with Crippen molar-refractivity contribution < 1.29 is 9.32 Å². The van der Waals surface area contributed by atoms with Crippen LogP contribution in [0.1, 0.15) is 42.0 Å². The smallest absolute Gasteiger partial charge is 0.315 e. The largest absolute Gasteiger partial charge is 0.362 e. The maximum Gasteiger partial charge on any atom is 0.315 e. The normalized spacial score (nSPS) is 11.2. The number of hydrogen-bond donors (Lipinski definition) is 2. The molecule has 3 aromatic heterocycles. The molecule has 0 fully saturated rings. The zero-order chi connectivity index (χ0) is 15.7. The average molecular weight is 301 g/mol. The first kappa shape index (κ1) is 14.0. The molecule has 0 aliphatic rings. The summed E-state index contributed by atoms with van der Waals surface area (Å²) < 4.78 is 6.42. The van der Waals surface area contributed by atoms with Crippen LogP contribution in [0.3, 0.4) is 0 Å². The van der Waals surface area contributed by atoms with Gasteiger partial charge in [-0.1, -0.05) is 19.0 Å². The van der Waals surface area contributed by atoms with Crippen LogP contribution in [-0.2, 0) is 6.54 Å². The van der Waals surface area contributed by atoms with Gasteiger partial charge < -0.3 is 15.6 Å². The first-order valence-corrected chi connectivity index (χ1v) is 6.75. The molecular weight excluding hydrogens is 286 g/mol. The molecule has 3 aromatic rings. The Bertz CT molecular complexity index is 821. The van der Waals surface area contributed by atoms with Crippen molar-refractivity contribution >= 4 is 17.4 Å². The molecule has 114 valence electrons. The first-order chi connectivity index (χ1) is 10.5. The highest BCUT2D eigenvalue weighted by atomic mass is 16.5. The number of anilines is 1. The summed E-state index contributed by atoms with van der Waals surface area (Å²) in [6, 6.07) is 3.75. The number of primary amides is 1. The summed E-state index contributed by atoms with van der Waals surface area (Å²) in [5.74, 6) is 0.408. The summed E-state index contributed by atoms with van der Waals surface area (Å²) in [4.78, 5) is 19.3. The van der Waals surface area contributed by atoms with Gasteiger partial charge in [-0.05, 0) is 5.92 Å². The quantitative estimate of drug-likeness (QED) is 0.718. The highest BCUT2D eigenvalue weighted by molar-refractivity contribution is 5.87. The van der Waals surface area contributed by atoms with Crippen molar-refractivity contribution in [2.45, 2.75) is 26.3 Å². The van der Waals surface area contributed by atoms with Crippen LogP contribution in [-0.4, -0.2) is 30.6 Å². The van der Waals surface area contributed by atoms with Gasteiger partial charge in [-0.15, -0.1) is 0 Å². The van der Waals surface area contributed by atoms with Crippen molar-refractivity contribution in [3.63, 3.8) is 0 Å². The van der Waals surface area contributed by atoms with E-state index in [1.165, 1.54) is 0 Å². The molecule has 0 aliphatic heterocycles. The van der Waals surface area contributed by atoms with Crippen molar-refractivity contribution in [1.82, 2.24) is 24.7 Å². The minimum absolute atomic E-state index is 0.210. The summed E-state index contributed by atoms with van der Waals surface area (Å²) in [7, 11) is 0.